The van der Waals surface area contributed by atoms with Gasteiger partial charge in [0.2, 0.25) is 5.91 Å². The highest BCUT2D eigenvalue weighted by molar-refractivity contribution is 5.76. The Labute approximate surface area is 70.0 Å². The quantitative estimate of drug-likeness (QED) is 0.689. The zero-order valence-electron chi connectivity index (χ0n) is 6.73. The van der Waals surface area contributed by atoms with Crippen molar-refractivity contribution in [3.05, 3.63) is 24.2 Å². The van der Waals surface area contributed by atoms with Crippen LogP contribution in [0.2, 0.25) is 0 Å². The Hall–Kier alpha value is -1.29. The fourth-order valence-electron chi connectivity index (χ4n) is 0.862. The Morgan fingerprint density at radius 3 is 2.83 bits per heavy atom. The molecule has 0 saturated heterocycles. The molecule has 66 valence electrons. The van der Waals surface area contributed by atoms with Crippen LogP contribution in [0, 0.1) is 5.92 Å². The molecule has 0 aliphatic carbocycles. The zero-order chi connectivity index (χ0) is 9.14. The number of hydrogen-bond acceptors (Lipinski definition) is 3. The number of primary amides is 1. The van der Waals surface area contributed by atoms with Gasteiger partial charge < -0.3 is 15.3 Å². The van der Waals surface area contributed by atoms with Crippen LogP contribution in [0.15, 0.2) is 22.8 Å². The molecule has 1 aromatic heterocycles. The summed E-state index contributed by atoms with van der Waals surface area (Å²) in [5.74, 6) is -0.809. The minimum atomic E-state index is -0.947. The van der Waals surface area contributed by atoms with Gasteiger partial charge >= 0.3 is 0 Å². The van der Waals surface area contributed by atoms with Crippen molar-refractivity contribution < 1.29 is 14.3 Å². The van der Waals surface area contributed by atoms with Crippen molar-refractivity contribution in [1.82, 2.24) is 0 Å². The molecule has 0 saturated carbocycles. The molecule has 0 spiro atoms. The lowest BCUT2D eigenvalue weighted by molar-refractivity contribution is -0.125. The molecule has 3 N–H and O–H groups in total. The average molecular weight is 169 g/mol. The van der Waals surface area contributed by atoms with E-state index in [9.17, 15) is 9.90 Å². The first-order chi connectivity index (χ1) is 5.63. The first-order valence-electron chi connectivity index (χ1n) is 3.63. The summed E-state index contributed by atoms with van der Waals surface area (Å²) < 4.78 is 4.91. The molecule has 1 rings (SSSR count). The summed E-state index contributed by atoms with van der Waals surface area (Å²) in [7, 11) is 0. The van der Waals surface area contributed by atoms with Crippen molar-refractivity contribution >= 4 is 5.91 Å². The fraction of sp³-hybridized carbons (Fsp3) is 0.375. The van der Waals surface area contributed by atoms with Crippen LogP contribution >= 0.6 is 0 Å². The summed E-state index contributed by atoms with van der Waals surface area (Å²) in [5, 5.41) is 9.45. The normalized spacial score (nSPS) is 15.5. The van der Waals surface area contributed by atoms with Crippen molar-refractivity contribution in [1.29, 1.82) is 0 Å². The minimum absolute atomic E-state index is 0.362. The average Bonchev–Trinajstić information content (AvgIpc) is 2.53. The summed E-state index contributed by atoms with van der Waals surface area (Å²) >= 11 is 0. The van der Waals surface area contributed by atoms with E-state index in [0.717, 1.165) is 0 Å². The fourth-order valence-corrected chi connectivity index (χ4v) is 0.862. The topological polar surface area (TPSA) is 76.5 Å². The van der Waals surface area contributed by atoms with E-state index in [1.165, 1.54) is 6.26 Å². The number of carbonyl (C=O) groups excluding carboxylic acids is 1. The largest absolute Gasteiger partial charge is 0.467 e. The van der Waals surface area contributed by atoms with Crippen molar-refractivity contribution in [2.75, 3.05) is 0 Å². The lowest BCUT2D eigenvalue weighted by Crippen LogP contribution is -2.25. The monoisotopic (exact) mass is 169 g/mol. The molecule has 12 heavy (non-hydrogen) atoms. The molecule has 2 unspecified atom stereocenters. The predicted octanol–water partition coefficient (Wildman–Crippen LogP) is 0.434. The van der Waals surface area contributed by atoms with Gasteiger partial charge in [-0.2, -0.15) is 0 Å². The van der Waals surface area contributed by atoms with Crippen molar-refractivity contribution in [2.24, 2.45) is 11.7 Å². The van der Waals surface area contributed by atoms with Gasteiger partial charge in [0.05, 0.1) is 12.2 Å². The molecule has 1 aromatic rings. The standard InChI is InChI=1S/C8H11NO3/c1-5(8(9)11)7(10)6-3-2-4-12-6/h2-5,7,10H,1H3,(H2,9,11). The van der Waals surface area contributed by atoms with Gasteiger partial charge in [0.1, 0.15) is 11.9 Å². The SMILES string of the molecule is CC(C(N)=O)C(O)c1ccco1. The third-order valence-electron chi connectivity index (χ3n) is 1.76. The molecule has 4 nitrogen and oxygen atoms in total. The van der Waals surface area contributed by atoms with Crippen LogP contribution in [-0.4, -0.2) is 11.0 Å². The maximum absolute atomic E-state index is 10.7. The lowest BCUT2D eigenvalue weighted by Gasteiger charge is -2.12. The number of carbonyl (C=O) groups is 1. The van der Waals surface area contributed by atoms with Crippen LogP contribution in [0.1, 0.15) is 18.8 Å². The van der Waals surface area contributed by atoms with E-state index in [2.05, 4.69) is 0 Å². The van der Waals surface area contributed by atoms with Gasteiger partial charge in [0, 0.05) is 0 Å². The van der Waals surface area contributed by atoms with Crippen LogP contribution in [0.4, 0.5) is 0 Å². The van der Waals surface area contributed by atoms with E-state index >= 15 is 0 Å². The van der Waals surface area contributed by atoms with Crippen molar-refractivity contribution in [3.63, 3.8) is 0 Å². The number of nitrogens with two attached hydrogens (primary N) is 1. The Morgan fingerprint density at radius 2 is 2.42 bits per heavy atom. The number of hydrogen-bond donors (Lipinski definition) is 2. The second-order valence-electron chi connectivity index (χ2n) is 2.65. The summed E-state index contributed by atoms with van der Waals surface area (Å²) in [6.07, 6.45) is 0.490. The second kappa shape index (κ2) is 3.40. The van der Waals surface area contributed by atoms with E-state index < -0.39 is 17.9 Å². The van der Waals surface area contributed by atoms with Gasteiger partial charge in [-0.05, 0) is 12.1 Å². The smallest absolute Gasteiger partial charge is 0.223 e. The molecule has 0 aliphatic heterocycles. The summed E-state index contributed by atoms with van der Waals surface area (Å²) in [5.41, 5.74) is 5.00. The van der Waals surface area contributed by atoms with E-state index in [1.807, 2.05) is 0 Å². The van der Waals surface area contributed by atoms with E-state index in [1.54, 1.807) is 19.1 Å². The third kappa shape index (κ3) is 1.65. The number of aliphatic hydroxyl groups excluding tert-OH is 1. The molecule has 1 heterocycles. The molecule has 0 aromatic carbocycles. The van der Waals surface area contributed by atoms with E-state index in [-0.39, 0.29) is 0 Å². The highest BCUT2D eigenvalue weighted by Crippen LogP contribution is 2.21. The van der Waals surface area contributed by atoms with Crippen LogP contribution < -0.4 is 5.73 Å². The molecule has 1 amide bonds. The van der Waals surface area contributed by atoms with Gasteiger partial charge in [-0.25, -0.2) is 0 Å². The van der Waals surface area contributed by atoms with Crippen LogP contribution in [-0.2, 0) is 4.79 Å². The zero-order valence-corrected chi connectivity index (χ0v) is 6.73. The van der Waals surface area contributed by atoms with Gasteiger partial charge in [-0.1, -0.05) is 6.92 Å². The third-order valence-corrected chi connectivity index (χ3v) is 1.76. The molecular formula is C8H11NO3. The molecular weight excluding hydrogens is 158 g/mol. The molecule has 0 aliphatic rings. The van der Waals surface area contributed by atoms with Crippen LogP contribution in [0.3, 0.4) is 0 Å². The van der Waals surface area contributed by atoms with Crippen LogP contribution in [0.25, 0.3) is 0 Å². The lowest BCUT2D eigenvalue weighted by atomic mass is 10.0. The number of amides is 1. The summed E-state index contributed by atoms with van der Waals surface area (Å²) in [6.45, 7) is 1.55. The van der Waals surface area contributed by atoms with Crippen molar-refractivity contribution in [3.8, 4) is 0 Å². The van der Waals surface area contributed by atoms with Gasteiger partial charge in [0.15, 0.2) is 0 Å². The predicted molar refractivity (Wildman–Crippen MR) is 42.0 cm³/mol. The molecule has 2 atom stereocenters. The first-order valence-corrected chi connectivity index (χ1v) is 3.63. The van der Waals surface area contributed by atoms with E-state index in [0.29, 0.717) is 5.76 Å². The molecule has 0 bridgehead atoms. The summed E-state index contributed by atoms with van der Waals surface area (Å²) in [4.78, 5) is 10.7. The Bertz CT molecular complexity index is 255. The van der Waals surface area contributed by atoms with Crippen molar-refractivity contribution in [2.45, 2.75) is 13.0 Å². The van der Waals surface area contributed by atoms with Gasteiger partial charge in [-0.3, -0.25) is 4.79 Å². The van der Waals surface area contributed by atoms with E-state index in [4.69, 9.17) is 10.2 Å². The second-order valence-corrected chi connectivity index (χ2v) is 2.65. The van der Waals surface area contributed by atoms with Crippen LogP contribution in [0.5, 0.6) is 0 Å². The Balaban J connectivity index is 2.71. The number of furan rings is 1. The number of rotatable bonds is 3. The molecule has 4 heteroatoms. The molecule has 0 fully saturated rings. The summed E-state index contributed by atoms with van der Waals surface area (Å²) in [6, 6.07) is 3.25. The Kier molecular flexibility index (Phi) is 2.50. The minimum Gasteiger partial charge on any atom is -0.467 e. The van der Waals surface area contributed by atoms with Gasteiger partial charge in [-0.15, -0.1) is 0 Å². The first kappa shape index (κ1) is 8.80. The molecule has 0 radical (unpaired) electrons. The highest BCUT2D eigenvalue weighted by atomic mass is 16.4. The highest BCUT2D eigenvalue weighted by Gasteiger charge is 2.22. The Morgan fingerprint density at radius 1 is 1.75 bits per heavy atom. The number of aliphatic hydroxyl groups is 1. The maximum Gasteiger partial charge on any atom is 0.223 e. The maximum atomic E-state index is 10.7. The van der Waals surface area contributed by atoms with Gasteiger partial charge in [0.25, 0.3) is 0 Å².